The lowest BCUT2D eigenvalue weighted by Crippen LogP contribution is -2.36. The lowest BCUT2D eigenvalue weighted by molar-refractivity contribution is 0.310. The van der Waals surface area contributed by atoms with Gasteiger partial charge in [-0.2, -0.15) is 0 Å². The molecule has 2 heterocycles. The molecule has 1 aliphatic rings. The van der Waals surface area contributed by atoms with E-state index in [-0.39, 0.29) is 0 Å². The zero-order chi connectivity index (χ0) is 15.2. The molecular weight excluding hydrogens is 258 g/mol. The number of nitrogens with zero attached hydrogens (tertiary/aromatic N) is 2. The van der Waals surface area contributed by atoms with Crippen LogP contribution in [-0.2, 0) is 6.54 Å². The highest BCUT2D eigenvalue weighted by atomic mass is 15.2. The van der Waals surface area contributed by atoms with Crippen molar-refractivity contribution < 1.29 is 0 Å². The van der Waals surface area contributed by atoms with Crippen LogP contribution in [0.1, 0.15) is 51.2 Å². The maximum absolute atomic E-state index is 4.74. The third-order valence-corrected chi connectivity index (χ3v) is 4.65. The number of rotatable bonds is 6. The van der Waals surface area contributed by atoms with Gasteiger partial charge in [0.2, 0.25) is 0 Å². The van der Waals surface area contributed by atoms with Crippen molar-refractivity contribution in [1.82, 2.24) is 10.3 Å². The number of piperidine rings is 1. The van der Waals surface area contributed by atoms with E-state index in [2.05, 4.69) is 44.0 Å². The Hall–Kier alpha value is -1.09. The largest absolute Gasteiger partial charge is 0.356 e. The molecule has 1 fully saturated rings. The van der Waals surface area contributed by atoms with Crippen LogP contribution in [0.15, 0.2) is 12.3 Å². The number of hydrogen-bond donors (Lipinski definition) is 1. The first-order valence-electron chi connectivity index (χ1n) is 8.53. The van der Waals surface area contributed by atoms with Crippen LogP contribution in [0.5, 0.6) is 0 Å². The van der Waals surface area contributed by atoms with E-state index < -0.39 is 0 Å². The fourth-order valence-corrected chi connectivity index (χ4v) is 3.24. The Morgan fingerprint density at radius 1 is 1.33 bits per heavy atom. The molecule has 1 saturated heterocycles. The van der Waals surface area contributed by atoms with Crippen molar-refractivity contribution in [2.24, 2.45) is 11.8 Å². The Kier molecular flexibility index (Phi) is 6.04. The molecule has 1 aromatic heterocycles. The summed E-state index contributed by atoms with van der Waals surface area (Å²) < 4.78 is 0. The molecule has 0 spiro atoms. The van der Waals surface area contributed by atoms with E-state index in [9.17, 15) is 0 Å². The lowest BCUT2D eigenvalue weighted by atomic mass is 9.86. The van der Waals surface area contributed by atoms with E-state index in [1.165, 1.54) is 36.2 Å². The molecular formula is C18H31N3. The molecule has 0 bridgehead atoms. The Balaban J connectivity index is 1.95. The first-order chi connectivity index (χ1) is 10.1. The van der Waals surface area contributed by atoms with Crippen LogP contribution in [-0.4, -0.2) is 24.6 Å². The van der Waals surface area contributed by atoms with Gasteiger partial charge in [0, 0.05) is 25.8 Å². The molecule has 3 heteroatoms. The van der Waals surface area contributed by atoms with Crippen LogP contribution in [0.25, 0.3) is 0 Å². The summed E-state index contributed by atoms with van der Waals surface area (Å²) in [5.74, 6) is 2.89. The van der Waals surface area contributed by atoms with Crippen molar-refractivity contribution in [3.63, 3.8) is 0 Å². The number of hydrogen-bond acceptors (Lipinski definition) is 3. The van der Waals surface area contributed by atoms with E-state index >= 15 is 0 Å². The minimum Gasteiger partial charge on any atom is -0.356 e. The standard InChI is InChI=1S/C18H31N3/c1-5-8-19-12-16-11-15(4)18(20-13-16)21-9-6-17(7-10-21)14(2)3/h11,13-14,17,19H,5-10,12H2,1-4H3. The molecule has 1 aromatic rings. The molecule has 1 N–H and O–H groups in total. The zero-order valence-corrected chi connectivity index (χ0v) is 14.2. The fraction of sp³-hybridized carbons (Fsp3) is 0.722. The van der Waals surface area contributed by atoms with Gasteiger partial charge in [-0.15, -0.1) is 0 Å². The lowest BCUT2D eigenvalue weighted by Gasteiger charge is -2.35. The number of nitrogens with one attached hydrogen (secondary N) is 1. The molecule has 0 saturated carbocycles. The van der Waals surface area contributed by atoms with E-state index in [1.54, 1.807) is 0 Å². The van der Waals surface area contributed by atoms with Gasteiger partial charge in [-0.3, -0.25) is 0 Å². The van der Waals surface area contributed by atoms with Gasteiger partial charge in [-0.1, -0.05) is 20.8 Å². The van der Waals surface area contributed by atoms with E-state index in [1.807, 2.05) is 6.20 Å². The SMILES string of the molecule is CCCNCc1cnc(N2CCC(C(C)C)CC2)c(C)c1. The monoisotopic (exact) mass is 289 g/mol. The average molecular weight is 289 g/mol. The third-order valence-electron chi connectivity index (χ3n) is 4.65. The molecule has 21 heavy (non-hydrogen) atoms. The van der Waals surface area contributed by atoms with Crippen molar-refractivity contribution in [3.05, 3.63) is 23.4 Å². The molecule has 3 nitrogen and oxygen atoms in total. The maximum atomic E-state index is 4.74. The molecule has 0 aromatic carbocycles. The molecule has 1 aliphatic heterocycles. The van der Waals surface area contributed by atoms with Crippen LogP contribution in [0.3, 0.4) is 0 Å². The van der Waals surface area contributed by atoms with Crippen molar-refractivity contribution in [1.29, 1.82) is 0 Å². The summed E-state index contributed by atoms with van der Waals surface area (Å²) in [7, 11) is 0. The van der Waals surface area contributed by atoms with Crippen LogP contribution in [0, 0.1) is 18.8 Å². The van der Waals surface area contributed by atoms with E-state index in [4.69, 9.17) is 4.98 Å². The topological polar surface area (TPSA) is 28.2 Å². The predicted molar refractivity (Wildman–Crippen MR) is 90.7 cm³/mol. The highest BCUT2D eigenvalue weighted by Crippen LogP contribution is 2.28. The van der Waals surface area contributed by atoms with Gasteiger partial charge in [0.05, 0.1) is 0 Å². The Labute approximate surface area is 130 Å². The van der Waals surface area contributed by atoms with Gasteiger partial charge in [0.15, 0.2) is 0 Å². The maximum Gasteiger partial charge on any atom is 0.131 e. The van der Waals surface area contributed by atoms with E-state index in [0.717, 1.165) is 38.0 Å². The van der Waals surface area contributed by atoms with Gasteiger partial charge in [-0.25, -0.2) is 4.98 Å². The molecule has 2 rings (SSSR count). The van der Waals surface area contributed by atoms with Crippen molar-refractivity contribution in [2.75, 3.05) is 24.5 Å². The minimum absolute atomic E-state index is 0.813. The third kappa shape index (κ3) is 4.44. The number of aromatic nitrogens is 1. The normalized spacial score (nSPS) is 16.7. The number of anilines is 1. The summed E-state index contributed by atoms with van der Waals surface area (Å²) in [6.45, 7) is 13.4. The summed E-state index contributed by atoms with van der Waals surface area (Å²) in [6.07, 6.45) is 5.83. The minimum atomic E-state index is 0.813. The first kappa shape index (κ1) is 16.3. The molecule has 0 unspecified atom stereocenters. The summed E-state index contributed by atoms with van der Waals surface area (Å²) in [4.78, 5) is 7.21. The zero-order valence-electron chi connectivity index (χ0n) is 14.2. The van der Waals surface area contributed by atoms with Crippen LogP contribution >= 0.6 is 0 Å². The van der Waals surface area contributed by atoms with Crippen molar-refractivity contribution >= 4 is 5.82 Å². The average Bonchev–Trinajstić information content (AvgIpc) is 2.48. The van der Waals surface area contributed by atoms with Crippen LogP contribution in [0.4, 0.5) is 5.82 Å². The Morgan fingerprint density at radius 2 is 2.05 bits per heavy atom. The summed E-state index contributed by atoms with van der Waals surface area (Å²) in [5, 5.41) is 3.44. The molecule has 0 amide bonds. The van der Waals surface area contributed by atoms with Gasteiger partial charge < -0.3 is 10.2 Å². The Bertz CT molecular complexity index is 434. The van der Waals surface area contributed by atoms with Gasteiger partial charge in [0.25, 0.3) is 0 Å². The number of aryl methyl sites for hydroxylation is 1. The molecule has 0 atom stereocenters. The van der Waals surface area contributed by atoms with Crippen LogP contribution in [0.2, 0.25) is 0 Å². The highest BCUT2D eigenvalue weighted by molar-refractivity contribution is 5.47. The second kappa shape index (κ2) is 7.79. The summed E-state index contributed by atoms with van der Waals surface area (Å²) in [6, 6.07) is 2.29. The number of pyridine rings is 1. The van der Waals surface area contributed by atoms with Crippen molar-refractivity contribution in [2.45, 2.75) is 53.5 Å². The fourth-order valence-electron chi connectivity index (χ4n) is 3.24. The summed E-state index contributed by atoms with van der Waals surface area (Å²) in [5.41, 5.74) is 2.61. The molecule has 0 radical (unpaired) electrons. The second-order valence-corrected chi connectivity index (χ2v) is 6.73. The summed E-state index contributed by atoms with van der Waals surface area (Å²) >= 11 is 0. The second-order valence-electron chi connectivity index (χ2n) is 6.73. The Morgan fingerprint density at radius 3 is 2.62 bits per heavy atom. The first-order valence-corrected chi connectivity index (χ1v) is 8.53. The molecule has 0 aliphatic carbocycles. The quantitative estimate of drug-likeness (QED) is 0.808. The van der Waals surface area contributed by atoms with Crippen LogP contribution < -0.4 is 10.2 Å². The van der Waals surface area contributed by atoms with Gasteiger partial charge in [0.1, 0.15) is 5.82 Å². The van der Waals surface area contributed by atoms with Crippen molar-refractivity contribution in [3.8, 4) is 0 Å². The van der Waals surface area contributed by atoms with Gasteiger partial charge in [-0.05, 0) is 61.8 Å². The van der Waals surface area contributed by atoms with E-state index in [0.29, 0.717) is 0 Å². The van der Waals surface area contributed by atoms with Gasteiger partial charge >= 0.3 is 0 Å². The highest BCUT2D eigenvalue weighted by Gasteiger charge is 2.23. The smallest absolute Gasteiger partial charge is 0.131 e. The predicted octanol–water partition coefficient (Wildman–Crippen LogP) is 3.76. The molecule has 118 valence electrons.